The highest BCUT2D eigenvalue weighted by Crippen LogP contribution is 2.13. The van der Waals surface area contributed by atoms with Gasteiger partial charge < -0.3 is 15.5 Å². The summed E-state index contributed by atoms with van der Waals surface area (Å²) >= 11 is 0. The van der Waals surface area contributed by atoms with Gasteiger partial charge in [0.05, 0.1) is 0 Å². The molecule has 22 heavy (non-hydrogen) atoms. The summed E-state index contributed by atoms with van der Waals surface area (Å²) in [5.74, 6) is 0.0733. The summed E-state index contributed by atoms with van der Waals surface area (Å²) in [4.78, 5) is 25.4. The molecule has 1 aromatic rings. The van der Waals surface area contributed by atoms with Crippen LogP contribution in [0.25, 0.3) is 0 Å². The van der Waals surface area contributed by atoms with Gasteiger partial charge in [-0.3, -0.25) is 9.59 Å². The summed E-state index contributed by atoms with van der Waals surface area (Å²) in [6.07, 6.45) is 3.90. The molecule has 2 amide bonds. The molecule has 1 aliphatic rings. The zero-order valence-electron chi connectivity index (χ0n) is 13.4. The van der Waals surface area contributed by atoms with Crippen LogP contribution in [-0.2, 0) is 11.3 Å². The predicted molar refractivity (Wildman–Crippen MR) is 86.6 cm³/mol. The molecule has 120 valence electrons. The maximum atomic E-state index is 12.2. The van der Waals surface area contributed by atoms with Crippen LogP contribution in [0.1, 0.15) is 41.6 Å². The van der Waals surface area contributed by atoms with Gasteiger partial charge in [0, 0.05) is 38.7 Å². The van der Waals surface area contributed by atoms with E-state index in [0.717, 1.165) is 18.5 Å². The first-order valence-corrected chi connectivity index (χ1v) is 7.88. The van der Waals surface area contributed by atoms with Crippen LogP contribution in [0, 0.1) is 0 Å². The molecule has 1 heterocycles. The minimum atomic E-state index is -0.0972. The Morgan fingerprint density at radius 3 is 2.64 bits per heavy atom. The highest BCUT2D eigenvalue weighted by molar-refractivity contribution is 5.93. The molecule has 5 heteroatoms. The second kappa shape index (κ2) is 7.94. The van der Waals surface area contributed by atoms with Crippen molar-refractivity contribution < 1.29 is 9.59 Å². The van der Waals surface area contributed by atoms with E-state index < -0.39 is 0 Å². The van der Waals surface area contributed by atoms with Gasteiger partial charge in [0.2, 0.25) is 5.91 Å². The average molecular weight is 303 g/mol. The van der Waals surface area contributed by atoms with Crippen molar-refractivity contribution in [1.82, 2.24) is 15.5 Å². The van der Waals surface area contributed by atoms with Crippen LogP contribution >= 0.6 is 0 Å². The summed E-state index contributed by atoms with van der Waals surface area (Å²) < 4.78 is 0. The number of nitrogens with zero attached hydrogens (tertiary/aromatic N) is 1. The third kappa shape index (κ3) is 4.56. The third-order valence-electron chi connectivity index (χ3n) is 4.16. The van der Waals surface area contributed by atoms with Crippen molar-refractivity contribution >= 4 is 11.8 Å². The number of hydrogen-bond donors (Lipinski definition) is 2. The van der Waals surface area contributed by atoms with Crippen molar-refractivity contribution in [3.05, 3.63) is 35.4 Å². The smallest absolute Gasteiger partial charge is 0.251 e. The molecule has 0 aromatic heterocycles. The Labute approximate surface area is 132 Å². The quantitative estimate of drug-likeness (QED) is 0.838. The number of nitrogens with one attached hydrogen (secondary N) is 2. The molecule has 1 fully saturated rings. The largest absolute Gasteiger partial charge is 0.355 e. The fourth-order valence-electron chi connectivity index (χ4n) is 2.76. The molecule has 2 N–H and O–H groups in total. The first kappa shape index (κ1) is 16.5. The summed E-state index contributed by atoms with van der Waals surface area (Å²) in [5.41, 5.74) is 1.66. The molecule has 1 aliphatic heterocycles. The Morgan fingerprint density at radius 2 is 2.05 bits per heavy atom. The lowest BCUT2D eigenvalue weighted by molar-refractivity contribution is -0.130. The minimum Gasteiger partial charge on any atom is -0.355 e. The third-order valence-corrected chi connectivity index (χ3v) is 4.16. The Kier molecular flexibility index (Phi) is 5.95. The van der Waals surface area contributed by atoms with Gasteiger partial charge in [0.15, 0.2) is 0 Å². The Bertz CT molecular complexity index is 507. The lowest BCUT2D eigenvalue weighted by atomic mass is 10.1. The molecule has 0 saturated carbocycles. The van der Waals surface area contributed by atoms with E-state index in [1.54, 1.807) is 24.1 Å². The van der Waals surface area contributed by atoms with E-state index >= 15 is 0 Å². The van der Waals surface area contributed by atoms with Crippen LogP contribution in [0.4, 0.5) is 0 Å². The van der Waals surface area contributed by atoms with Crippen LogP contribution in [0.3, 0.4) is 0 Å². The molecule has 0 radical (unpaired) electrons. The zero-order valence-corrected chi connectivity index (χ0v) is 13.4. The standard InChI is InChI=1S/C17H25N3O2/c1-18-17(22)14-7-5-13(6-8-14)12-20(2)16(21)10-9-15-4-3-11-19-15/h5-8,15,19H,3-4,9-12H2,1-2H3,(H,18,22). The molecular formula is C17H25N3O2. The summed E-state index contributed by atoms with van der Waals surface area (Å²) in [6, 6.07) is 7.87. The van der Waals surface area contributed by atoms with Gasteiger partial charge in [0.1, 0.15) is 0 Å². The van der Waals surface area contributed by atoms with Crippen molar-refractivity contribution in [2.75, 3.05) is 20.6 Å². The fraction of sp³-hybridized carbons (Fsp3) is 0.529. The van der Waals surface area contributed by atoms with Gasteiger partial charge in [-0.25, -0.2) is 0 Å². The molecular weight excluding hydrogens is 278 g/mol. The Hall–Kier alpha value is -1.88. The van der Waals surface area contributed by atoms with Crippen LogP contribution < -0.4 is 10.6 Å². The van der Waals surface area contributed by atoms with Crippen LogP contribution in [0.15, 0.2) is 24.3 Å². The molecule has 5 nitrogen and oxygen atoms in total. The average Bonchev–Trinajstić information content (AvgIpc) is 3.06. The topological polar surface area (TPSA) is 61.4 Å². The zero-order chi connectivity index (χ0) is 15.9. The maximum absolute atomic E-state index is 12.2. The summed E-state index contributed by atoms with van der Waals surface area (Å²) in [5, 5.41) is 6.01. The van der Waals surface area contributed by atoms with E-state index in [0.29, 0.717) is 24.6 Å². The number of benzene rings is 1. The van der Waals surface area contributed by atoms with E-state index in [1.807, 2.05) is 19.2 Å². The predicted octanol–water partition coefficient (Wildman–Crippen LogP) is 1.54. The number of amides is 2. The lowest BCUT2D eigenvalue weighted by Crippen LogP contribution is -2.29. The maximum Gasteiger partial charge on any atom is 0.251 e. The number of rotatable bonds is 6. The van der Waals surface area contributed by atoms with Crippen molar-refractivity contribution in [2.45, 2.75) is 38.3 Å². The van der Waals surface area contributed by atoms with Crippen molar-refractivity contribution in [1.29, 1.82) is 0 Å². The fourth-order valence-corrected chi connectivity index (χ4v) is 2.76. The van der Waals surface area contributed by atoms with E-state index in [4.69, 9.17) is 0 Å². The first-order chi connectivity index (χ1) is 10.6. The first-order valence-electron chi connectivity index (χ1n) is 7.88. The normalized spacial score (nSPS) is 17.3. The monoisotopic (exact) mass is 303 g/mol. The Morgan fingerprint density at radius 1 is 1.32 bits per heavy atom. The second-order valence-corrected chi connectivity index (χ2v) is 5.86. The van der Waals surface area contributed by atoms with Crippen molar-refractivity contribution in [2.24, 2.45) is 0 Å². The molecule has 0 aliphatic carbocycles. The number of carbonyl (C=O) groups is 2. The van der Waals surface area contributed by atoms with Crippen LogP contribution in [-0.4, -0.2) is 43.4 Å². The number of carbonyl (C=O) groups excluding carboxylic acids is 2. The second-order valence-electron chi connectivity index (χ2n) is 5.86. The molecule has 2 rings (SSSR count). The molecule has 1 unspecified atom stereocenters. The van der Waals surface area contributed by atoms with Crippen molar-refractivity contribution in [3.63, 3.8) is 0 Å². The van der Waals surface area contributed by atoms with Crippen LogP contribution in [0.2, 0.25) is 0 Å². The van der Waals surface area contributed by atoms with Gasteiger partial charge >= 0.3 is 0 Å². The van der Waals surface area contributed by atoms with Gasteiger partial charge in [-0.05, 0) is 43.5 Å². The highest BCUT2D eigenvalue weighted by Gasteiger charge is 2.17. The van der Waals surface area contributed by atoms with E-state index in [1.165, 1.54) is 12.8 Å². The SMILES string of the molecule is CNC(=O)c1ccc(CN(C)C(=O)CCC2CCCN2)cc1. The van der Waals surface area contributed by atoms with E-state index in [2.05, 4.69) is 10.6 Å². The van der Waals surface area contributed by atoms with Gasteiger partial charge in [-0.1, -0.05) is 12.1 Å². The van der Waals surface area contributed by atoms with E-state index in [-0.39, 0.29) is 11.8 Å². The highest BCUT2D eigenvalue weighted by atomic mass is 16.2. The van der Waals surface area contributed by atoms with Gasteiger partial charge in [0.25, 0.3) is 5.91 Å². The molecule has 1 aromatic carbocycles. The summed E-state index contributed by atoms with van der Waals surface area (Å²) in [6.45, 7) is 1.65. The Balaban J connectivity index is 1.81. The molecule has 0 spiro atoms. The number of hydrogen-bond acceptors (Lipinski definition) is 3. The van der Waals surface area contributed by atoms with Gasteiger partial charge in [-0.15, -0.1) is 0 Å². The molecule has 0 bridgehead atoms. The van der Waals surface area contributed by atoms with Gasteiger partial charge in [-0.2, -0.15) is 0 Å². The van der Waals surface area contributed by atoms with Crippen LogP contribution in [0.5, 0.6) is 0 Å². The molecule has 1 saturated heterocycles. The van der Waals surface area contributed by atoms with Crippen molar-refractivity contribution in [3.8, 4) is 0 Å². The molecule has 1 atom stereocenters. The summed E-state index contributed by atoms with van der Waals surface area (Å²) in [7, 11) is 3.44. The lowest BCUT2D eigenvalue weighted by Gasteiger charge is -2.18. The van der Waals surface area contributed by atoms with E-state index in [9.17, 15) is 9.59 Å². The minimum absolute atomic E-state index is 0.0972.